The minimum absolute atomic E-state index is 0.340. The van der Waals surface area contributed by atoms with E-state index in [0.717, 1.165) is 39.0 Å². The summed E-state index contributed by atoms with van der Waals surface area (Å²) in [5.74, 6) is 0. The highest BCUT2D eigenvalue weighted by Crippen LogP contribution is 2.10. The summed E-state index contributed by atoms with van der Waals surface area (Å²) in [6.07, 6.45) is 7.08. The molecular weight excluding hydrogens is 230 g/mol. The molecule has 0 radical (unpaired) electrons. The van der Waals surface area contributed by atoms with Crippen molar-refractivity contribution < 1.29 is 14.6 Å². The molecule has 2 atom stereocenters. The van der Waals surface area contributed by atoms with E-state index in [-0.39, 0.29) is 0 Å². The minimum atomic E-state index is -0.405. The van der Waals surface area contributed by atoms with Crippen molar-refractivity contribution >= 4 is 0 Å². The Morgan fingerprint density at radius 1 is 1.39 bits per heavy atom. The Morgan fingerprint density at radius 2 is 2.28 bits per heavy atom. The molecule has 1 aliphatic heterocycles. The van der Waals surface area contributed by atoms with Gasteiger partial charge in [0.05, 0.1) is 18.8 Å². The quantitative estimate of drug-likeness (QED) is 0.555. The number of hydrogen-bond donors (Lipinski definition) is 2. The minimum Gasteiger partial charge on any atom is -0.389 e. The molecule has 1 heterocycles. The van der Waals surface area contributed by atoms with Crippen molar-refractivity contribution in [2.75, 3.05) is 32.9 Å². The highest BCUT2D eigenvalue weighted by atomic mass is 16.5. The van der Waals surface area contributed by atoms with Crippen LogP contribution in [0, 0.1) is 0 Å². The van der Waals surface area contributed by atoms with Crippen molar-refractivity contribution in [1.29, 1.82) is 0 Å². The number of aliphatic hydroxyl groups is 1. The largest absolute Gasteiger partial charge is 0.389 e. The van der Waals surface area contributed by atoms with Crippen molar-refractivity contribution in [2.45, 2.75) is 57.7 Å². The zero-order chi connectivity index (χ0) is 13.1. The third-order valence-corrected chi connectivity index (χ3v) is 3.23. The third kappa shape index (κ3) is 8.03. The van der Waals surface area contributed by atoms with Crippen molar-refractivity contribution in [1.82, 2.24) is 5.32 Å². The van der Waals surface area contributed by atoms with Crippen LogP contribution in [0.25, 0.3) is 0 Å². The molecule has 18 heavy (non-hydrogen) atoms. The molecule has 2 unspecified atom stereocenters. The van der Waals surface area contributed by atoms with Gasteiger partial charge in [-0.15, -0.1) is 0 Å². The molecule has 0 aromatic rings. The summed E-state index contributed by atoms with van der Waals surface area (Å²) in [7, 11) is 0. The van der Waals surface area contributed by atoms with Gasteiger partial charge in [0.2, 0.25) is 0 Å². The average Bonchev–Trinajstić information content (AvgIpc) is 2.87. The van der Waals surface area contributed by atoms with Crippen LogP contribution in [0.1, 0.15) is 45.4 Å². The van der Waals surface area contributed by atoms with Gasteiger partial charge in [-0.25, -0.2) is 0 Å². The van der Waals surface area contributed by atoms with E-state index in [0.29, 0.717) is 19.3 Å². The summed E-state index contributed by atoms with van der Waals surface area (Å²) >= 11 is 0. The first-order chi connectivity index (χ1) is 8.83. The molecule has 0 aliphatic carbocycles. The zero-order valence-electron chi connectivity index (χ0n) is 11.7. The Morgan fingerprint density at radius 3 is 3.00 bits per heavy atom. The van der Waals surface area contributed by atoms with Gasteiger partial charge in [-0.3, -0.25) is 0 Å². The number of nitrogens with one attached hydrogen (secondary N) is 1. The molecule has 1 rings (SSSR count). The summed E-state index contributed by atoms with van der Waals surface area (Å²) < 4.78 is 10.9. The molecule has 0 amide bonds. The fourth-order valence-corrected chi connectivity index (χ4v) is 2.13. The lowest BCUT2D eigenvalue weighted by Gasteiger charge is -2.14. The molecule has 0 saturated carbocycles. The maximum Gasteiger partial charge on any atom is 0.0897 e. The van der Waals surface area contributed by atoms with E-state index in [4.69, 9.17) is 9.47 Å². The Hall–Kier alpha value is -0.160. The summed E-state index contributed by atoms with van der Waals surface area (Å²) in [4.78, 5) is 0. The highest BCUT2D eigenvalue weighted by molar-refractivity contribution is 4.68. The first-order valence-corrected chi connectivity index (χ1v) is 7.41. The van der Waals surface area contributed by atoms with Crippen LogP contribution in [-0.2, 0) is 9.47 Å². The molecule has 0 spiro atoms. The molecule has 1 fully saturated rings. The summed E-state index contributed by atoms with van der Waals surface area (Å²) in [6.45, 7) is 5.72. The topological polar surface area (TPSA) is 50.7 Å². The fourth-order valence-electron chi connectivity index (χ4n) is 2.13. The second-order valence-corrected chi connectivity index (χ2v) is 5.08. The Balaban J connectivity index is 1.82. The smallest absolute Gasteiger partial charge is 0.0897 e. The summed E-state index contributed by atoms with van der Waals surface area (Å²) in [6, 6.07) is 0. The van der Waals surface area contributed by atoms with Crippen LogP contribution in [0.3, 0.4) is 0 Å². The van der Waals surface area contributed by atoms with E-state index in [1.807, 2.05) is 0 Å². The molecule has 0 aromatic heterocycles. The highest BCUT2D eigenvalue weighted by Gasteiger charge is 2.15. The molecule has 4 nitrogen and oxygen atoms in total. The monoisotopic (exact) mass is 259 g/mol. The average molecular weight is 259 g/mol. The second-order valence-electron chi connectivity index (χ2n) is 5.08. The van der Waals surface area contributed by atoms with Crippen LogP contribution in [0.2, 0.25) is 0 Å². The predicted molar refractivity (Wildman–Crippen MR) is 72.8 cm³/mol. The number of unbranched alkanes of at least 4 members (excludes halogenated alkanes) is 3. The van der Waals surface area contributed by atoms with Crippen LogP contribution in [0.5, 0.6) is 0 Å². The van der Waals surface area contributed by atoms with E-state index < -0.39 is 6.10 Å². The van der Waals surface area contributed by atoms with Crippen LogP contribution in [-0.4, -0.2) is 50.2 Å². The van der Waals surface area contributed by atoms with Gasteiger partial charge in [-0.1, -0.05) is 26.2 Å². The predicted octanol–water partition coefficient (Wildman–Crippen LogP) is 1.71. The van der Waals surface area contributed by atoms with Gasteiger partial charge in [0.15, 0.2) is 0 Å². The van der Waals surface area contributed by atoms with Crippen molar-refractivity contribution in [3.05, 3.63) is 0 Å². The lowest BCUT2D eigenvalue weighted by molar-refractivity contribution is 0.0328. The van der Waals surface area contributed by atoms with Gasteiger partial charge in [0.25, 0.3) is 0 Å². The zero-order valence-corrected chi connectivity index (χ0v) is 11.7. The van der Waals surface area contributed by atoms with Gasteiger partial charge in [-0.2, -0.15) is 0 Å². The second kappa shape index (κ2) is 10.7. The van der Waals surface area contributed by atoms with Gasteiger partial charge in [0.1, 0.15) is 0 Å². The Bertz CT molecular complexity index is 184. The van der Waals surface area contributed by atoms with Crippen LogP contribution in [0.15, 0.2) is 0 Å². The van der Waals surface area contributed by atoms with E-state index in [1.54, 1.807) is 0 Å². The van der Waals surface area contributed by atoms with Gasteiger partial charge < -0.3 is 19.9 Å². The molecule has 0 aromatic carbocycles. The lowest BCUT2D eigenvalue weighted by atomic mass is 10.2. The molecule has 108 valence electrons. The Kier molecular flexibility index (Phi) is 9.48. The molecule has 1 saturated heterocycles. The fraction of sp³-hybridized carbons (Fsp3) is 1.00. The van der Waals surface area contributed by atoms with E-state index >= 15 is 0 Å². The number of hydrogen-bond acceptors (Lipinski definition) is 4. The van der Waals surface area contributed by atoms with Gasteiger partial charge in [0, 0.05) is 26.3 Å². The first kappa shape index (κ1) is 15.9. The molecule has 1 aliphatic rings. The van der Waals surface area contributed by atoms with Crippen molar-refractivity contribution in [3.8, 4) is 0 Å². The van der Waals surface area contributed by atoms with E-state index in [9.17, 15) is 5.11 Å². The normalized spacial score (nSPS) is 21.3. The maximum atomic E-state index is 9.70. The number of ether oxygens (including phenoxy) is 2. The SMILES string of the molecule is CCCCCCOCC(O)CNCC1CCCO1. The summed E-state index contributed by atoms with van der Waals surface area (Å²) in [5, 5.41) is 12.9. The first-order valence-electron chi connectivity index (χ1n) is 7.41. The summed E-state index contributed by atoms with van der Waals surface area (Å²) in [5.41, 5.74) is 0. The van der Waals surface area contributed by atoms with Crippen LogP contribution in [0.4, 0.5) is 0 Å². The van der Waals surface area contributed by atoms with Crippen LogP contribution >= 0.6 is 0 Å². The van der Waals surface area contributed by atoms with Crippen LogP contribution < -0.4 is 5.32 Å². The number of aliphatic hydroxyl groups excluding tert-OH is 1. The number of rotatable bonds is 11. The molecule has 0 bridgehead atoms. The van der Waals surface area contributed by atoms with E-state index in [1.165, 1.54) is 19.3 Å². The molecule has 2 N–H and O–H groups in total. The van der Waals surface area contributed by atoms with Crippen molar-refractivity contribution in [2.24, 2.45) is 0 Å². The maximum absolute atomic E-state index is 9.70. The lowest BCUT2D eigenvalue weighted by Crippen LogP contribution is -2.35. The van der Waals surface area contributed by atoms with E-state index in [2.05, 4.69) is 12.2 Å². The van der Waals surface area contributed by atoms with Gasteiger partial charge >= 0.3 is 0 Å². The Labute approximate surface area is 111 Å². The standard InChI is InChI=1S/C14H29NO3/c1-2-3-4-5-8-17-12-13(16)10-15-11-14-7-6-9-18-14/h13-16H,2-12H2,1H3. The third-order valence-electron chi connectivity index (χ3n) is 3.23. The molecular formula is C14H29NO3. The van der Waals surface area contributed by atoms with Gasteiger partial charge in [-0.05, 0) is 19.3 Å². The van der Waals surface area contributed by atoms with Crippen molar-refractivity contribution in [3.63, 3.8) is 0 Å². The molecule has 4 heteroatoms.